The van der Waals surface area contributed by atoms with Gasteiger partial charge in [0, 0.05) is 44.1 Å². The van der Waals surface area contributed by atoms with Crippen LogP contribution in [0.15, 0.2) is 24.3 Å². The van der Waals surface area contributed by atoms with Gasteiger partial charge in [0.1, 0.15) is 0 Å². The Labute approximate surface area is 144 Å². The van der Waals surface area contributed by atoms with Gasteiger partial charge in [0.2, 0.25) is 5.91 Å². The molecule has 0 N–H and O–H groups in total. The van der Waals surface area contributed by atoms with Gasteiger partial charge in [-0.2, -0.15) is 13.2 Å². The molecule has 0 aromatic heterocycles. The van der Waals surface area contributed by atoms with Crippen LogP contribution in [-0.2, 0) is 11.0 Å². The summed E-state index contributed by atoms with van der Waals surface area (Å²) in [5, 5.41) is 0. The van der Waals surface area contributed by atoms with Crippen LogP contribution in [0.2, 0.25) is 0 Å². The Balaban J connectivity index is 1.71. The van der Waals surface area contributed by atoms with E-state index in [4.69, 9.17) is 0 Å². The first-order valence-electron chi connectivity index (χ1n) is 8.42. The summed E-state index contributed by atoms with van der Waals surface area (Å²) >= 11 is 0. The third-order valence-corrected chi connectivity index (χ3v) is 5.29. The zero-order chi connectivity index (χ0) is 18.2. The zero-order valence-electron chi connectivity index (χ0n) is 14.1. The lowest BCUT2D eigenvalue weighted by molar-refractivity contribution is -0.137. The van der Waals surface area contributed by atoms with Crippen LogP contribution in [-0.4, -0.2) is 47.8 Å². The molecule has 1 spiro atoms. The normalized spacial score (nSPS) is 24.0. The molecule has 1 aromatic rings. The minimum atomic E-state index is -4.41. The highest BCUT2D eigenvalue weighted by Gasteiger charge is 2.43. The number of halogens is 3. The van der Waals surface area contributed by atoms with Gasteiger partial charge in [0.05, 0.1) is 5.56 Å². The number of amides is 2. The molecule has 2 saturated heterocycles. The van der Waals surface area contributed by atoms with E-state index < -0.39 is 11.7 Å². The summed E-state index contributed by atoms with van der Waals surface area (Å²) in [4.78, 5) is 27.8. The molecule has 1 aromatic carbocycles. The molecule has 136 valence electrons. The summed E-state index contributed by atoms with van der Waals surface area (Å²) in [7, 11) is 0. The average molecular weight is 354 g/mol. The van der Waals surface area contributed by atoms with Gasteiger partial charge in [0.15, 0.2) is 0 Å². The van der Waals surface area contributed by atoms with E-state index in [-0.39, 0.29) is 22.8 Å². The SMILES string of the molecule is CC(=O)N1CCC2(CCCN(C(=O)c3ccc(C(F)(F)F)cc3)C2)C1. The van der Waals surface area contributed by atoms with Crippen LogP contribution in [0.5, 0.6) is 0 Å². The number of rotatable bonds is 1. The summed E-state index contributed by atoms with van der Waals surface area (Å²) in [5.41, 5.74) is -0.565. The number of likely N-dealkylation sites (tertiary alicyclic amines) is 2. The van der Waals surface area contributed by atoms with E-state index in [2.05, 4.69) is 0 Å². The summed E-state index contributed by atoms with van der Waals surface area (Å²) in [6.45, 7) is 4.06. The predicted octanol–water partition coefficient (Wildman–Crippen LogP) is 3.18. The van der Waals surface area contributed by atoms with Crippen molar-refractivity contribution in [3.05, 3.63) is 35.4 Å². The summed E-state index contributed by atoms with van der Waals surface area (Å²) in [6.07, 6.45) is -1.73. The number of carbonyl (C=O) groups is 2. The Bertz CT molecular complexity index is 672. The van der Waals surface area contributed by atoms with Crippen LogP contribution in [0.25, 0.3) is 0 Å². The van der Waals surface area contributed by atoms with Crippen molar-refractivity contribution < 1.29 is 22.8 Å². The van der Waals surface area contributed by atoms with Gasteiger partial charge >= 0.3 is 6.18 Å². The van der Waals surface area contributed by atoms with Crippen molar-refractivity contribution >= 4 is 11.8 Å². The van der Waals surface area contributed by atoms with E-state index in [0.717, 1.165) is 31.4 Å². The quantitative estimate of drug-likeness (QED) is 0.777. The molecule has 2 amide bonds. The number of alkyl halides is 3. The van der Waals surface area contributed by atoms with Crippen LogP contribution < -0.4 is 0 Å². The first-order chi connectivity index (χ1) is 11.7. The Hall–Kier alpha value is -2.05. The highest BCUT2D eigenvalue weighted by molar-refractivity contribution is 5.94. The Morgan fingerprint density at radius 3 is 2.20 bits per heavy atom. The first-order valence-corrected chi connectivity index (χ1v) is 8.42. The molecule has 0 saturated carbocycles. The van der Waals surface area contributed by atoms with Gasteiger partial charge in [-0.3, -0.25) is 9.59 Å². The van der Waals surface area contributed by atoms with Crippen molar-refractivity contribution in [2.75, 3.05) is 26.2 Å². The summed E-state index contributed by atoms with van der Waals surface area (Å²) in [6, 6.07) is 4.37. The van der Waals surface area contributed by atoms with E-state index in [0.29, 0.717) is 26.2 Å². The van der Waals surface area contributed by atoms with Crippen molar-refractivity contribution in [2.45, 2.75) is 32.4 Å². The van der Waals surface area contributed by atoms with E-state index in [1.54, 1.807) is 11.8 Å². The Morgan fingerprint density at radius 1 is 1.00 bits per heavy atom. The molecular weight excluding hydrogens is 333 g/mol. The monoisotopic (exact) mass is 354 g/mol. The molecule has 4 nitrogen and oxygen atoms in total. The van der Waals surface area contributed by atoms with E-state index >= 15 is 0 Å². The molecule has 0 bridgehead atoms. The third kappa shape index (κ3) is 3.65. The molecule has 0 radical (unpaired) electrons. The molecular formula is C18H21F3N2O2. The second-order valence-electron chi connectivity index (χ2n) is 7.10. The Kier molecular flexibility index (Phi) is 4.51. The lowest BCUT2D eigenvalue weighted by Crippen LogP contribution is -2.47. The minimum Gasteiger partial charge on any atom is -0.342 e. The second kappa shape index (κ2) is 6.35. The highest BCUT2D eigenvalue weighted by atomic mass is 19.4. The summed E-state index contributed by atoms with van der Waals surface area (Å²) in [5.74, 6) is -0.197. The van der Waals surface area contributed by atoms with Crippen LogP contribution in [0.4, 0.5) is 13.2 Å². The standard InChI is InChI=1S/C18H21F3N2O2/c1-13(24)22-10-8-17(11-22)7-2-9-23(12-17)16(25)14-3-5-15(6-4-14)18(19,20)21/h3-6H,2,7-12H2,1H3. The number of benzene rings is 1. The van der Waals surface area contributed by atoms with Crippen LogP contribution >= 0.6 is 0 Å². The fourth-order valence-electron chi connectivity index (χ4n) is 3.90. The minimum absolute atomic E-state index is 0.0445. The molecule has 3 rings (SSSR count). The van der Waals surface area contributed by atoms with Crippen molar-refractivity contribution in [3.8, 4) is 0 Å². The maximum atomic E-state index is 12.7. The fourth-order valence-corrected chi connectivity index (χ4v) is 3.90. The number of carbonyl (C=O) groups excluding carboxylic acids is 2. The van der Waals surface area contributed by atoms with Crippen LogP contribution in [0.1, 0.15) is 42.1 Å². The lowest BCUT2D eigenvalue weighted by Gasteiger charge is -2.40. The first kappa shape index (κ1) is 17.8. The lowest BCUT2D eigenvalue weighted by atomic mass is 9.79. The van der Waals surface area contributed by atoms with Gasteiger partial charge in [-0.25, -0.2) is 0 Å². The van der Waals surface area contributed by atoms with Gasteiger partial charge in [-0.1, -0.05) is 0 Å². The molecule has 2 heterocycles. The highest BCUT2D eigenvalue weighted by Crippen LogP contribution is 2.39. The smallest absolute Gasteiger partial charge is 0.342 e. The number of nitrogens with zero attached hydrogens (tertiary/aromatic N) is 2. The molecule has 2 fully saturated rings. The number of piperidine rings is 1. The Morgan fingerprint density at radius 2 is 1.64 bits per heavy atom. The van der Waals surface area contributed by atoms with Gasteiger partial charge in [-0.15, -0.1) is 0 Å². The van der Waals surface area contributed by atoms with Crippen LogP contribution in [0.3, 0.4) is 0 Å². The van der Waals surface area contributed by atoms with Gasteiger partial charge < -0.3 is 9.80 Å². The van der Waals surface area contributed by atoms with E-state index in [9.17, 15) is 22.8 Å². The van der Waals surface area contributed by atoms with Crippen molar-refractivity contribution in [1.29, 1.82) is 0 Å². The largest absolute Gasteiger partial charge is 0.416 e. The maximum absolute atomic E-state index is 12.7. The molecule has 7 heteroatoms. The molecule has 1 atom stereocenters. The van der Waals surface area contributed by atoms with Crippen molar-refractivity contribution in [2.24, 2.45) is 5.41 Å². The molecule has 25 heavy (non-hydrogen) atoms. The van der Waals surface area contributed by atoms with Gasteiger partial charge in [-0.05, 0) is 43.5 Å². The number of hydrogen-bond acceptors (Lipinski definition) is 2. The maximum Gasteiger partial charge on any atom is 0.416 e. The topological polar surface area (TPSA) is 40.6 Å². The average Bonchev–Trinajstić information content (AvgIpc) is 2.97. The fraction of sp³-hybridized carbons (Fsp3) is 0.556. The summed E-state index contributed by atoms with van der Waals surface area (Å²) < 4.78 is 37.9. The zero-order valence-corrected chi connectivity index (χ0v) is 14.1. The second-order valence-corrected chi connectivity index (χ2v) is 7.10. The van der Waals surface area contributed by atoms with Crippen molar-refractivity contribution in [3.63, 3.8) is 0 Å². The van der Waals surface area contributed by atoms with Crippen molar-refractivity contribution in [1.82, 2.24) is 9.80 Å². The molecule has 2 aliphatic heterocycles. The number of hydrogen-bond donors (Lipinski definition) is 0. The van der Waals surface area contributed by atoms with Gasteiger partial charge in [0.25, 0.3) is 5.91 Å². The third-order valence-electron chi connectivity index (χ3n) is 5.29. The van der Waals surface area contributed by atoms with Crippen LogP contribution in [0, 0.1) is 5.41 Å². The molecule has 2 aliphatic rings. The molecule has 0 aliphatic carbocycles. The predicted molar refractivity (Wildman–Crippen MR) is 85.9 cm³/mol. The molecule has 1 unspecified atom stereocenters. The van der Waals surface area contributed by atoms with E-state index in [1.165, 1.54) is 12.1 Å². The van der Waals surface area contributed by atoms with E-state index in [1.807, 2.05) is 4.90 Å².